The minimum atomic E-state index is 0.143. The van der Waals surface area contributed by atoms with Crippen LogP contribution in [0.15, 0.2) is 0 Å². The molecule has 1 N–H and O–H groups in total. The van der Waals surface area contributed by atoms with E-state index in [0.717, 1.165) is 18.4 Å². The van der Waals surface area contributed by atoms with Gasteiger partial charge < -0.3 is 5.32 Å². The first-order chi connectivity index (χ1) is 8.48. The fraction of sp³-hybridized carbons (Fsp3) is 0.800. The van der Waals surface area contributed by atoms with Gasteiger partial charge in [0.15, 0.2) is 0 Å². The third-order valence-corrected chi connectivity index (χ3v) is 5.90. The van der Waals surface area contributed by atoms with Gasteiger partial charge in [-0.3, -0.25) is 0 Å². The Balaban J connectivity index is 2.32. The highest BCUT2D eigenvalue weighted by Crippen LogP contribution is 2.44. The molecule has 0 saturated heterocycles. The molecule has 0 spiro atoms. The lowest BCUT2D eigenvalue weighted by molar-refractivity contribution is 0.142. The zero-order valence-electron chi connectivity index (χ0n) is 12.3. The van der Waals surface area contributed by atoms with Gasteiger partial charge in [0.25, 0.3) is 0 Å². The van der Waals surface area contributed by atoms with Crippen molar-refractivity contribution in [1.82, 2.24) is 10.3 Å². The number of thiazole rings is 1. The summed E-state index contributed by atoms with van der Waals surface area (Å²) < 4.78 is 0. The van der Waals surface area contributed by atoms with Crippen LogP contribution < -0.4 is 5.32 Å². The van der Waals surface area contributed by atoms with E-state index in [4.69, 9.17) is 4.98 Å². The third kappa shape index (κ3) is 2.48. The van der Waals surface area contributed by atoms with Gasteiger partial charge in [0.1, 0.15) is 5.01 Å². The normalized spacial score (nSPS) is 32.7. The smallest absolute Gasteiger partial charge is 0.113 e. The average Bonchev–Trinajstić information content (AvgIpc) is 2.66. The second-order valence-electron chi connectivity index (χ2n) is 5.97. The predicted molar refractivity (Wildman–Crippen MR) is 79.1 cm³/mol. The zero-order chi connectivity index (χ0) is 13.3. The number of aryl methyl sites for hydroxylation is 2. The van der Waals surface area contributed by atoms with Gasteiger partial charge in [-0.15, -0.1) is 11.3 Å². The van der Waals surface area contributed by atoms with Gasteiger partial charge in [0, 0.05) is 4.88 Å². The molecule has 0 aliphatic heterocycles. The molecule has 1 fully saturated rings. The van der Waals surface area contributed by atoms with Crippen molar-refractivity contribution in [3.05, 3.63) is 15.6 Å². The summed E-state index contributed by atoms with van der Waals surface area (Å²) in [5.74, 6) is 1.63. The zero-order valence-corrected chi connectivity index (χ0v) is 13.2. The summed E-state index contributed by atoms with van der Waals surface area (Å²) in [6, 6.07) is 0. The molecule has 0 aromatic carbocycles. The van der Waals surface area contributed by atoms with Gasteiger partial charge >= 0.3 is 0 Å². The number of rotatable bonds is 3. The molecule has 1 saturated carbocycles. The maximum Gasteiger partial charge on any atom is 0.113 e. The number of nitrogens with one attached hydrogen (secondary N) is 1. The maximum atomic E-state index is 4.84. The molecule has 1 aromatic rings. The second kappa shape index (κ2) is 5.30. The Labute approximate surface area is 115 Å². The van der Waals surface area contributed by atoms with Crippen molar-refractivity contribution >= 4 is 11.3 Å². The van der Waals surface area contributed by atoms with Crippen LogP contribution in [0, 0.1) is 25.7 Å². The molecule has 1 heterocycles. The molecular weight excluding hydrogens is 240 g/mol. The van der Waals surface area contributed by atoms with Gasteiger partial charge in [-0.2, -0.15) is 0 Å². The van der Waals surface area contributed by atoms with Crippen LogP contribution in [-0.4, -0.2) is 11.5 Å². The molecule has 1 aliphatic carbocycles. The van der Waals surface area contributed by atoms with Crippen LogP contribution in [0.4, 0.5) is 0 Å². The molecule has 2 rings (SSSR count). The van der Waals surface area contributed by atoms with Crippen molar-refractivity contribution in [1.29, 1.82) is 0 Å². The predicted octanol–water partition coefficient (Wildman–Crippen LogP) is 4.02. The Morgan fingerprint density at radius 3 is 2.56 bits per heavy atom. The number of hydrogen-bond acceptors (Lipinski definition) is 3. The lowest BCUT2D eigenvalue weighted by Crippen LogP contribution is -2.47. The van der Waals surface area contributed by atoms with Crippen LogP contribution in [0.5, 0.6) is 0 Å². The monoisotopic (exact) mass is 266 g/mol. The molecule has 18 heavy (non-hydrogen) atoms. The largest absolute Gasteiger partial charge is 0.306 e. The Bertz CT molecular complexity index is 393. The molecule has 1 aliphatic rings. The topological polar surface area (TPSA) is 24.9 Å². The van der Waals surface area contributed by atoms with Gasteiger partial charge in [0.05, 0.1) is 11.2 Å². The van der Waals surface area contributed by atoms with Crippen LogP contribution in [0.25, 0.3) is 0 Å². The van der Waals surface area contributed by atoms with Crippen molar-refractivity contribution in [2.24, 2.45) is 11.8 Å². The van der Waals surface area contributed by atoms with Gasteiger partial charge in [-0.25, -0.2) is 4.98 Å². The van der Waals surface area contributed by atoms with Gasteiger partial charge in [-0.05, 0) is 51.5 Å². The van der Waals surface area contributed by atoms with Crippen LogP contribution >= 0.6 is 11.3 Å². The van der Waals surface area contributed by atoms with Gasteiger partial charge in [-0.1, -0.05) is 20.8 Å². The molecule has 0 amide bonds. The molecule has 3 heteroatoms. The fourth-order valence-corrected chi connectivity index (χ4v) is 4.18. The van der Waals surface area contributed by atoms with E-state index >= 15 is 0 Å². The molecule has 3 unspecified atom stereocenters. The van der Waals surface area contributed by atoms with E-state index in [1.54, 1.807) is 0 Å². The third-order valence-electron chi connectivity index (χ3n) is 4.62. The molecule has 102 valence electrons. The minimum absolute atomic E-state index is 0.143. The number of nitrogens with zero attached hydrogens (tertiary/aromatic N) is 1. The average molecular weight is 266 g/mol. The fourth-order valence-electron chi connectivity index (χ4n) is 3.06. The summed E-state index contributed by atoms with van der Waals surface area (Å²) in [4.78, 5) is 6.21. The molecular formula is C15H26N2S. The highest BCUT2D eigenvalue weighted by molar-refractivity contribution is 7.11. The number of aromatic nitrogens is 1. The summed E-state index contributed by atoms with van der Waals surface area (Å²) in [5.41, 5.74) is 1.35. The lowest BCUT2D eigenvalue weighted by Gasteiger charge is -2.42. The van der Waals surface area contributed by atoms with Crippen molar-refractivity contribution in [2.45, 2.75) is 59.4 Å². The summed E-state index contributed by atoms with van der Waals surface area (Å²) in [6.07, 6.45) is 3.78. The molecule has 0 radical (unpaired) electrons. The van der Waals surface area contributed by atoms with Crippen LogP contribution in [0.1, 0.15) is 55.6 Å². The van der Waals surface area contributed by atoms with E-state index in [0.29, 0.717) is 0 Å². The molecule has 1 aromatic heterocycles. The Morgan fingerprint density at radius 2 is 2.06 bits per heavy atom. The van der Waals surface area contributed by atoms with Crippen molar-refractivity contribution in [3.63, 3.8) is 0 Å². The van der Waals surface area contributed by atoms with E-state index in [9.17, 15) is 0 Å². The number of hydrogen-bond donors (Lipinski definition) is 1. The van der Waals surface area contributed by atoms with Crippen LogP contribution in [0.2, 0.25) is 0 Å². The summed E-state index contributed by atoms with van der Waals surface area (Å²) in [7, 11) is 0. The molecule has 2 nitrogen and oxygen atoms in total. The van der Waals surface area contributed by atoms with E-state index in [2.05, 4.69) is 39.9 Å². The standard InChI is InChI=1S/C15H26N2S/c1-6-16-15(8-7-10(2)11(3)9-15)14-17-12(4)13(5)18-14/h10-11,16H,6-9H2,1-5H3. The van der Waals surface area contributed by atoms with Crippen LogP contribution in [-0.2, 0) is 5.54 Å². The van der Waals surface area contributed by atoms with E-state index < -0.39 is 0 Å². The minimum Gasteiger partial charge on any atom is -0.306 e. The van der Waals surface area contributed by atoms with E-state index in [1.165, 1.54) is 34.8 Å². The van der Waals surface area contributed by atoms with Crippen molar-refractivity contribution in [3.8, 4) is 0 Å². The SMILES string of the molecule is CCNC1(c2nc(C)c(C)s2)CCC(C)C(C)C1. The van der Waals surface area contributed by atoms with Crippen molar-refractivity contribution < 1.29 is 0 Å². The van der Waals surface area contributed by atoms with E-state index in [1.807, 2.05) is 11.3 Å². The molecule has 3 atom stereocenters. The summed E-state index contributed by atoms with van der Waals surface area (Å²) >= 11 is 1.89. The lowest BCUT2D eigenvalue weighted by atomic mass is 9.71. The highest BCUT2D eigenvalue weighted by Gasteiger charge is 2.40. The maximum absolute atomic E-state index is 4.84. The Hall–Kier alpha value is -0.410. The first-order valence-electron chi connectivity index (χ1n) is 7.18. The first-order valence-corrected chi connectivity index (χ1v) is 7.99. The summed E-state index contributed by atoms with van der Waals surface area (Å²) in [5, 5.41) is 5.07. The quantitative estimate of drug-likeness (QED) is 0.893. The first kappa shape index (κ1) is 14.0. The Kier molecular flexibility index (Phi) is 4.12. The summed E-state index contributed by atoms with van der Waals surface area (Å²) in [6.45, 7) is 12.3. The van der Waals surface area contributed by atoms with Crippen molar-refractivity contribution in [2.75, 3.05) is 6.54 Å². The molecule has 0 bridgehead atoms. The van der Waals surface area contributed by atoms with Crippen LogP contribution in [0.3, 0.4) is 0 Å². The highest BCUT2D eigenvalue weighted by atomic mass is 32.1. The van der Waals surface area contributed by atoms with Gasteiger partial charge in [0.2, 0.25) is 0 Å². The van der Waals surface area contributed by atoms with E-state index in [-0.39, 0.29) is 5.54 Å². The Morgan fingerprint density at radius 1 is 1.33 bits per heavy atom. The second-order valence-corrected chi connectivity index (χ2v) is 7.17.